The summed E-state index contributed by atoms with van der Waals surface area (Å²) in [6, 6.07) is 13.9. The van der Waals surface area contributed by atoms with Gasteiger partial charge in [-0.1, -0.05) is 62.1 Å². The monoisotopic (exact) mass is 392 g/mol. The fourth-order valence-electron chi connectivity index (χ4n) is 4.97. The van der Waals surface area contributed by atoms with Crippen LogP contribution in [0.3, 0.4) is 0 Å². The van der Waals surface area contributed by atoms with E-state index < -0.39 is 0 Å². The van der Waals surface area contributed by atoms with Crippen LogP contribution in [0.1, 0.15) is 61.7 Å². The van der Waals surface area contributed by atoms with Crippen LogP contribution in [0.5, 0.6) is 0 Å². The zero-order valence-corrected chi connectivity index (χ0v) is 17.2. The SMILES string of the molecule is O=C(NCCCC1CCCC1)C1CCN(C(=O)c2cccc3ccccc23)CC1. The van der Waals surface area contributed by atoms with Crippen LogP contribution >= 0.6 is 0 Å². The number of benzene rings is 2. The number of carbonyl (C=O) groups is 2. The zero-order chi connectivity index (χ0) is 20.1. The number of carbonyl (C=O) groups excluding carboxylic acids is 2. The summed E-state index contributed by atoms with van der Waals surface area (Å²) < 4.78 is 0. The molecule has 0 bridgehead atoms. The van der Waals surface area contributed by atoms with Gasteiger partial charge in [-0.3, -0.25) is 9.59 Å². The first-order valence-electron chi connectivity index (χ1n) is 11.3. The van der Waals surface area contributed by atoms with Gasteiger partial charge in [-0.2, -0.15) is 0 Å². The summed E-state index contributed by atoms with van der Waals surface area (Å²) in [4.78, 5) is 27.5. The van der Waals surface area contributed by atoms with E-state index in [1.54, 1.807) is 0 Å². The molecule has 1 aliphatic heterocycles. The standard InChI is InChI=1S/C25H32N2O2/c28-24(26-16-6-9-19-7-1-2-8-19)21-14-17-27(18-15-21)25(29)23-13-5-11-20-10-3-4-12-22(20)23/h3-5,10-13,19,21H,1-2,6-9,14-18H2,(H,26,28). The maximum Gasteiger partial charge on any atom is 0.254 e. The second-order valence-corrected chi connectivity index (χ2v) is 8.68. The van der Waals surface area contributed by atoms with Gasteiger partial charge in [0, 0.05) is 31.1 Å². The molecule has 0 spiro atoms. The molecule has 2 aliphatic rings. The molecule has 29 heavy (non-hydrogen) atoms. The van der Waals surface area contributed by atoms with E-state index in [0.717, 1.165) is 48.1 Å². The molecular weight excluding hydrogens is 360 g/mol. The zero-order valence-electron chi connectivity index (χ0n) is 17.2. The van der Waals surface area contributed by atoms with Gasteiger partial charge in [0.05, 0.1) is 0 Å². The Balaban J connectivity index is 1.25. The topological polar surface area (TPSA) is 49.4 Å². The maximum absolute atomic E-state index is 13.1. The molecule has 4 nitrogen and oxygen atoms in total. The molecule has 1 saturated carbocycles. The Morgan fingerprint density at radius 1 is 0.931 bits per heavy atom. The maximum atomic E-state index is 13.1. The van der Waals surface area contributed by atoms with E-state index in [1.165, 1.54) is 32.1 Å². The third-order valence-corrected chi connectivity index (χ3v) is 6.74. The van der Waals surface area contributed by atoms with Crippen LogP contribution in [0.4, 0.5) is 0 Å². The Bertz CT molecular complexity index is 844. The quantitative estimate of drug-likeness (QED) is 0.719. The van der Waals surface area contributed by atoms with Gasteiger partial charge in [-0.25, -0.2) is 0 Å². The lowest BCUT2D eigenvalue weighted by Gasteiger charge is -2.31. The minimum absolute atomic E-state index is 0.0399. The van der Waals surface area contributed by atoms with E-state index >= 15 is 0 Å². The third kappa shape index (κ3) is 4.80. The van der Waals surface area contributed by atoms with Crippen molar-refractivity contribution in [1.82, 2.24) is 10.2 Å². The van der Waals surface area contributed by atoms with E-state index in [1.807, 2.05) is 47.4 Å². The molecule has 154 valence electrons. The lowest BCUT2D eigenvalue weighted by Crippen LogP contribution is -2.43. The molecule has 1 heterocycles. The highest BCUT2D eigenvalue weighted by molar-refractivity contribution is 6.07. The number of nitrogens with one attached hydrogen (secondary N) is 1. The summed E-state index contributed by atoms with van der Waals surface area (Å²) in [5.41, 5.74) is 0.762. The predicted octanol–water partition coefficient (Wildman–Crippen LogP) is 4.78. The molecule has 1 aliphatic carbocycles. The van der Waals surface area contributed by atoms with E-state index in [4.69, 9.17) is 0 Å². The highest BCUT2D eigenvalue weighted by Gasteiger charge is 2.28. The highest BCUT2D eigenvalue weighted by atomic mass is 16.2. The van der Waals surface area contributed by atoms with Gasteiger partial charge in [0.1, 0.15) is 0 Å². The van der Waals surface area contributed by atoms with Crippen molar-refractivity contribution in [1.29, 1.82) is 0 Å². The van der Waals surface area contributed by atoms with Gasteiger partial charge in [0.25, 0.3) is 5.91 Å². The van der Waals surface area contributed by atoms with Crippen molar-refractivity contribution in [2.24, 2.45) is 11.8 Å². The summed E-state index contributed by atoms with van der Waals surface area (Å²) in [6.45, 7) is 2.11. The van der Waals surface area contributed by atoms with Gasteiger partial charge in [0.15, 0.2) is 0 Å². The Kier molecular flexibility index (Phi) is 6.48. The van der Waals surface area contributed by atoms with Crippen LogP contribution in [0.15, 0.2) is 42.5 Å². The molecule has 1 saturated heterocycles. The Labute approximate surface area is 173 Å². The number of hydrogen-bond donors (Lipinski definition) is 1. The van der Waals surface area contributed by atoms with E-state index in [9.17, 15) is 9.59 Å². The molecule has 4 rings (SSSR count). The Morgan fingerprint density at radius 2 is 1.66 bits per heavy atom. The molecule has 0 unspecified atom stereocenters. The van der Waals surface area contributed by atoms with Crippen LogP contribution in [-0.2, 0) is 4.79 Å². The number of likely N-dealkylation sites (tertiary alicyclic amines) is 1. The molecular formula is C25H32N2O2. The predicted molar refractivity (Wildman–Crippen MR) is 117 cm³/mol. The highest BCUT2D eigenvalue weighted by Crippen LogP contribution is 2.28. The Hall–Kier alpha value is -2.36. The fourth-order valence-corrected chi connectivity index (χ4v) is 4.97. The van der Waals surface area contributed by atoms with Crippen LogP contribution < -0.4 is 5.32 Å². The molecule has 0 radical (unpaired) electrons. The molecule has 0 atom stereocenters. The van der Waals surface area contributed by atoms with Crippen molar-refractivity contribution in [3.63, 3.8) is 0 Å². The second kappa shape index (κ2) is 9.43. The fraction of sp³-hybridized carbons (Fsp3) is 0.520. The van der Waals surface area contributed by atoms with Crippen molar-refractivity contribution < 1.29 is 9.59 Å². The van der Waals surface area contributed by atoms with Crippen LogP contribution in [0, 0.1) is 11.8 Å². The van der Waals surface area contributed by atoms with Crippen molar-refractivity contribution in [2.45, 2.75) is 51.4 Å². The first kappa shape index (κ1) is 19.9. The summed E-state index contributed by atoms with van der Waals surface area (Å²) in [7, 11) is 0. The first-order chi connectivity index (χ1) is 14.2. The number of nitrogens with zero attached hydrogens (tertiary/aromatic N) is 1. The largest absolute Gasteiger partial charge is 0.356 e. The smallest absolute Gasteiger partial charge is 0.254 e. The van der Waals surface area contributed by atoms with Crippen LogP contribution in [0.2, 0.25) is 0 Å². The van der Waals surface area contributed by atoms with Gasteiger partial charge in [0.2, 0.25) is 5.91 Å². The molecule has 4 heteroatoms. The molecule has 2 amide bonds. The average Bonchev–Trinajstić information content (AvgIpc) is 3.29. The van der Waals surface area contributed by atoms with E-state index in [2.05, 4.69) is 5.32 Å². The number of hydrogen-bond acceptors (Lipinski definition) is 2. The van der Waals surface area contributed by atoms with Crippen molar-refractivity contribution >= 4 is 22.6 Å². The van der Waals surface area contributed by atoms with Crippen molar-refractivity contribution in [3.8, 4) is 0 Å². The Morgan fingerprint density at radius 3 is 2.45 bits per heavy atom. The number of piperidine rings is 1. The summed E-state index contributed by atoms with van der Waals surface area (Å²) in [6.07, 6.45) is 9.36. The number of fused-ring (bicyclic) bond motifs is 1. The molecule has 2 aromatic rings. The van der Waals surface area contributed by atoms with Crippen molar-refractivity contribution in [3.05, 3.63) is 48.0 Å². The van der Waals surface area contributed by atoms with Gasteiger partial charge >= 0.3 is 0 Å². The molecule has 1 N–H and O–H groups in total. The van der Waals surface area contributed by atoms with Crippen molar-refractivity contribution in [2.75, 3.05) is 19.6 Å². The van der Waals surface area contributed by atoms with Crippen LogP contribution in [0.25, 0.3) is 10.8 Å². The summed E-state index contributed by atoms with van der Waals surface area (Å²) >= 11 is 0. The van der Waals surface area contributed by atoms with Gasteiger partial charge in [-0.15, -0.1) is 0 Å². The van der Waals surface area contributed by atoms with E-state index in [0.29, 0.717) is 13.1 Å². The summed E-state index contributed by atoms with van der Waals surface area (Å²) in [5.74, 6) is 1.18. The second-order valence-electron chi connectivity index (χ2n) is 8.68. The third-order valence-electron chi connectivity index (χ3n) is 6.74. The van der Waals surface area contributed by atoms with Gasteiger partial charge in [-0.05, 0) is 48.4 Å². The molecule has 2 aromatic carbocycles. The normalized spacial score (nSPS) is 18.3. The molecule has 0 aromatic heterocycles. The number of amides is 2. The number of rotatable bonds is 6. The van der Waals surface area contributed by atoms with Crippen LogP contribution in [-0.4, -0.2) is 36.3 Å². The average molecular weight is 393 g/mol. The van der Waals surface area contributed by atoms with Gasteiger partial charge < -0.3 is 10.2 Å². The lowest BCUT2D eigenvalue weighted by atomic mass is 9.94. The summed E-state index contributed by atoms with van der Waals surface area (Å²) in [5, 5.41) is 5.22. The lowest BCUT2D eigenvalue weighted by molar-refractivity contribution is -0.126. The van der Waals surface area contributed by atoms with E-state index in [-0.39, 0.29) is 17.7 Å². The minimum atomic E-state index is 0.0399. The molecule has 2 fully saturated rings. The minimum Gasteiger partial charge on any atom is -0.356 e. The first-order valence-corrected chi connectivity index (χ1v) is 11.3.